The molecule has 0 heterocycles. The minimum absolute atomic E-state index is 0.542. The van der Waals surface area contributed by atoms with Crippen LogP contribution in [0.3, 0.4) is 0 Å². The third-order valence-electron chi connectivity index (χ3n) is 2.50. The summed E-state index contributed by atoms with van der Waals surface area (Å²) in [6.07, 6.45) is 5.22. The Kier molecular flexibility index (Phi) is 2.79. The predicted octanol–water partition coefficient (Wildman–Crippen LogP) is 3.91. The van der Waals surface area contributed by atoms with Gasteiger partial charge in [-0.3, -0.25) is 0 Å². The fraction of sp³-hybridized carbons (Fsp3) is 0.800. The van der Waals surface area contributed by atoms with Crippen LogP contribution in [0.4, 0.5) is 0 Å². The monoisotopic (exact) mass is 216 g/mol. The third-order valence-corrected chi connectivity index (χ3v) is 3.29. The topological polar surface area (TPSA) is 0 Å². The van der Waals surface area contributed by atoms with E-state index >= 15 is 0 Å². The molecule has 1 aliphatic carbocycles. The van der Waals surface area contributed by atoms with E-state index in [4.69, 9.17) is 0 Å². The zero-order chi connectivity index (χ0) is 8.48. The Morgan fingerprint density at radius 1 is 1.73 bits per heavy atom. The molecule has 1 aliphatic rings. The maximum absolute atomic E-state index is 3.97. The molecule has 2 unspecified atom stereocenters. The van der Waals surface area contributed by atoms with Gasteiger partial charge in [0.05, 0.1) is 0 Å². The van der Waals surface area contributed by atoms with Crippen molar-refractivity contribution in [3.8, 4) is 0 Å². The molecule has 0 bridgehead atoms. The molecule has 1 heteroatoms. The zero-order valence-electron chi connectivity index (χ0n) is 7.49. The van der Waals surface area contributed by atoms with E-state index < -0.39 is 0 Å². The lowest BCUT2D eigenvalue weighted by molar-refractivity contribution is 0.335. The van der Waals surface area contributed by atoms with Gasteiger partial charge in [-0.25, -0.2) is 0 Å². The first-order valence-corrected chi connectivity index (χ1v) is 5.22. The van der Waals surface area contributed by atoms with Gasteiger partial charge >= 0.3 is 0 Å². The summed E-state index contributed by atoms with van der Waals surface area (Å²) in [5, 5.41) is 0. The molecule has 0 nitrogen and oxygen atoms in total. The molecule has 0 aromatic carbocycles. The number of rotatable bonds is 2. The highest BCUT2D eigenvalue weighted by molar-refractivity contribution is 9.09. The standard InChI is InChI=1S/C10H17Br/c1-8(2)6-10(3)5-4-9(11)7-10/h9H,1,4-7H2,2-3H3. The van der Waals surface area contributed by atoms with Crippen molar-refractivity contribution in [1.29, 1.82) is 0 Å². The molecule has 1 fully saturated rings. The second-order valence-corrected chi connectivity index (χ2v) is 5.58. The van der Waals surface area contributed by atoms with E-state index in [1.807, 2.05) is 0 Å². The Hall–Kier alpha value is 0.220. The molecule has 0 aromatic heterocycles. The zero-order valence-corrected chi connectivity index (χ0v) is 9.08. The molecule has 1 saturated carbocycles. The van der Waals surface area contributed by atoms with Crippen LogP contribution >= 0.6 is 15.9 Å². The lowest BCUT2D eigenvalue weighted by Crippen LogP contribution is -2.11. The van der Waals surface area contributed by atoms with E-state index in [0.717, 1.165) is 4.83 Å². The molecule has 0 spiro atoms. The van der Waals surface area contributed by atoms with E-state index in [-0.39, 0.29) is 0 Å². The van der Waals surface area contributed by atoms with Gasteiger partial charge in [0.1, 0.15) is 0 Å². The minimum Gasteiger partial charge on any atom is -0.100 e. The Labute approximate surface area is 78.2 Å². The molecule has 0 radical (unpaired) electrons. The first-order chi connectivity index (χ1) is 5.02. The van der Waals surface area contributed by atoms with Crippen LogP contribution in [-0.4, -0.2) is 4.83 Å². The van der Waals surface area contributed by atoms with E-state index in [2.05, 4.69) is 36.4 Å². The number of alkyl halides is 1. The number of halogens is 1. The summed E-state index contributed by atoms with van der Waals surface area (Å²) in [5.74, 6) is 0. The highest BCUT2D eigenvalue weighted by atomic mass is 79.9. The van der Waals surface area contributed by atoms with Gasteiger partial charge in [0.25, 0.3) is 0 Å². The molecule has 0 N–H and O–H groups in total. The van der Waals surface area contributed by atoms with Crippen LogP contribution in [0, 0.1) is 5.41 Å². The van der Waals surface area contributed by atoms with E-state index in [1.165, 1.54) is 31.3 Å². The van der Waals surface area contributed by atoms with Gasteiger partial charge in [0.2, 0.25) is 0 Å². The van der Waals surface area contributed by atoms with Crippen LogP contribution in [0.2, 0.25) is 0 Å². The summed E-state index contributed by atoms with van der Waals surface area (Å²) in [6.45, 7) is 8.48. The first-order valence-electron chi connectivity index (χ1n) is 4.30. The van der Waals surface area contributed by atoms with Gasteiger partial charge in [-0.05, 0) is 38.0 Å². The van der Waals surface area contributed by atoms with Crippen molar-refractivity contribution in [2.75, 3.05) is 0 Å². The second-order valence-electron chi connectivity index (χ2n) is 4.28. The van der Waals surface area contributed by atoms with Crippen molar-refractivity contribution in [3.63, 3.8) is 0 Å². The van der Waals surface area contributed by atoms with Crippen LogP contribution in [0.1, 0.15) is 39.5 Å². The molecular weight excluding hydrogens is 200 g/mol. The normalized spacial score (nSPS) is 37.5. The van der Waals surface area contributed by atoms with Gasteiger partial charge in [-0.2, -0.15) is 0 Å². The van der Waals surface area contributed by atoms with Crippen molar-refractivity contribution < 1.29 is 0 Å². The molecule has 0 aliphatic heterocycles. The average molecular weight is 217 g/mol. The smallest absolute Gasteiger partial charge is 0.0151 e. The molecular formula is C10H17Br. The molecule has 0 amide bonds. The highest BCUT2D eigenvalue weighted by Gasteiger charge is 2.33. The van der Waals surface area contributed by atoms with Gasteiger partial charge in [0.15, 0.2) is 0 Å². The SMILES string of the molecule is C=C(C)CC1(C)CCC(Br)C1. The van der Waals surface area contributed by atoms with E-state index in [1.54, 1.807) is 0 Å². The van der Waals surface area contributed by atoms with Gasteiger partial charge in [0, 0.05) is 4.83 Å². The van der Waals surface area contributed by atoms with Gasteiger partial charge in [-0.1, -0.05) is 28.4 Å². The molecule has 0 aromatic rings. The summed E-state index contributed by atoms with van der Waals surface area (Å²) in [4.78, 5) is 0.756. The predicted molar refractivity (Wildman–Crippen MR) is 54.1 cm³/mol. The van der Waals surface area contributed by atoms with Crippen LogP contribution in [0.25, 0.3) is 0 Å². The number of allylic oxidation sites excluding steroid dienone is 1. The number of hydrogen-bond donors (Lipinski definition) is 0. The highest BCUT2D eigenvalue weighted by Crippen LogP contribution is 2.44. The summed E-state index contributed by atoms with van der Waals surface area (Å²) < 4.78 is 0. The molecule has 11 heavy (non-hydrogen) atoms. The van der Waals surface area contributed by atoms with Crippen LogP contribution in [0.15, 0.2) is 12.2 Å². The van der Waals surface area contributed by atoms with Crippen molar-refractivity contribution in [2.45, 2.75) is 44.4 Å². The largest absolute Gasteiger partial charge is 0.100 e. The second kappa shape index (κ2) is 3.30. The summed E-state index contributed by atoms with van der Waals surface area (Å²) in [7, 11) is 0. The van der Waals surface area contributed by atoms with Crippen molar-refractivity contribution >= 4 is 15.9 Å². The molecule has 0 saturated heterocycles. The van der Waals surface area contributed by atoms with Gasteiger partial charge in [-0.15, -0.1) is 6.58 Å². The fourth-order valence-electron chi connectivity index (χ4n) is 2.13. The van der Waals surface area contributed by atoms with Crippen molar-refractivity contribution in [3.05, 3.63) is 12.2 Å². The maximum Gasteiger partial charge on any atom is 0.0151 e. The molecule has 64 valence electrons. The van der Waals surface area contributed by atoms with Crippen LogP contribution in [-0.2, 0) is 0 Å². The third kappa shape index (κ3) is 2.62. The lowest BCUT2D eigenvalue weighted by atomic mass is 9.83. The fourth-order valence-corrected chi connectivity index (χ4v) is 3.14. The quantitative estimate of drug-likeness (QED) is 0.486. The Morgan fingerprint density at radius 3 is 2.73 bits per heavy atom. The lowest BCUT2D eigenvalue weighted by Gasteiger charge is -2.23. The maximum atomic E-state index is 3.97. The summed E-state index contributed by atoms with van der Waals surface area (Å²) in [5.41, 5.74) is 1.87. The Bertz CT molecular complexity index is 162. The van der Waals surface area contributed by atoms with Crippen molar-refractivity contribution in [2.24, 2.45) is 5.41 Å². The average Bonchev–Trinajstić information content (AvgIpc) is 2.08. The van der Waals surface area contributed by atoms with E-state index in [0.29, 0.717) is 5.41 Å². The summed E-state index contributed by atoms with van der Waals surface area (Å²) >= 11 is 3.67. The molecule has 2 atom stereocenters. The summed E-state index contributed by atoms with van der Waals surface area (Å²) in [6, 6.07) is 0. The van der Waals surface area contributed by atoms with Gasteiger partial charge < -0.3 is 0 Å². The Morgan fingerprint density at radius 2 is 2.36 bits per heavy atom. The molecule has 1 rings (SSSR count). The van der Waals surface area contributed by atoms with E-state index in [9.17, 15) is 0 Å². The van der Waals surface area contributed by atoms with Crippen LogP contribution in [0.5, 0.6) is 0 Å². The Balaban J connectivity index is 2.48. The minimum atomic E-state index is 0.542. The van der Waals surface area contributed by atoms with Crippen LogP contribution < -0.4 is 0 Å². The first kappa shape index (κ1) is 9.31. The van der Waals surface area contributed by atoms with Crippen molar-refractivity contribution in [1.82, 2.24) is 0 Å². The number of hydrogen-bond acceptors (Lipinski definition) is 0.